The summed E-state index contributed by atoms with van der Waals surface area (Å²) < 4.78 is 0. The minimum atomic E-state index is -0.417. The molecule has 11 heavy (non-hydrogen) atoms. The second-order valence-electron chi connectivity index (χ2n) is 2.10. The van der Waals surface area contributed by atoms with Crippen molar-refractivity contribution in [3.05, 3.63) is 22.4 Å². The molecule has 0 saturated carbocycles. The van der Waals surface area contributed by atoms with E-state index in [1.165, 1.54) is 18.3 Å². The number of Topliss-reactive ketones (excluding diaryl/α,β-unsaturated/α-hetero) is 1. The summed E-state index contributed by atoms with van der Waals surface area (Å²) >= 11 is 1.51. The number of hydrogen-bond acceptors (Lipinski definition) is 3. The van der Waals surface area contributed by atoms with Crippen LogP contribution >= 0.6 is 23.7 Å². The van der Waals surface area contributed by atoms with Crippen LogP contribution < -0.4 is 5.73 Å². The number of nitrogens with two attached hydrogens (primary N) is 1. The molecular formula is C7H10ClNOS. The summed E-state index contributed by atoms with van der Waals surface area (Å²) in [6.07, 6.45) is 0. The number of carbonyl (C=O) groups is 1. The first kappa shape index (κ1) is 10.6. The fraction of sp³-hybridized carbons (Fsp3) is 0.286. The normalized spacial score (nSPS) is 11.8. The lowest BCUT2D eigenvalue weighted by Gasteiger charge is -2.01. The highest BCUT2D eigenvalue weighted by Crippen LogP contribution is 2.16. The third-order valence-corrected chi connectivity index (χ3v) is 2.24. The second-order valence-corrected chi connectivity index (χ2v) is 3.08. The minimum absolute atomic E-state index is 0. The molecule has 0 aliphatic carbocycles. The Hall–Kier alpha value is -0.380. The van der Waals surface area contributed by atoms with Crippen LogP contribution in [0.3, 0.4) is 0 Å². The standard InChI is InChI=1S/C7H9NOS.ClH/c1-5(9)7(8)6-3-2-4-10-6;/h2-4,7H,8H2,1H3;1H. The van der Waals surface area contributed by atoms with Crippen LogP contribution in [0.4, 0.5) is 0 Å². The van der Waals surface area contributed by atoms with Crippen molar-refractivity contribution in [3.63, 3.8) is 0 Å². The predicted molar refractivity (Wildman–Crippen MR) is 49.2 cm³/mol. The molecule has 1 heterocycles. The Balaban J connectivity index is 0.000001000. The van der Waals surface area contributed by atoms with Crippen molar-refractivity contribution in [3.8, 4) is 0 Å². The van der Waals surface area contributed by atoms with E-state index in [0.29, 0.717) is 0 Å². The number of hydrogen-bond donors (Lipinski definition) is 1. The number of thiophene rings is 1. The molecule has 0 fully saturated rings. The molecule has 1 aromatic heterocycles. The van der Waals surface area contributed by atoms with Crippen LogP contribution in [0.2, 0.25) is 0 Å². The third kappa shape index (κ3) is 2.61. The highest BCUT2D eigenvalue weighted by Gasteiger charge is 2.10. The van der Waals surface area contributed by atoms with Crippen molar-refractivity contribution >= 4 is 29.5 Å². The fourth-order valence-electron chi connectivity index (χ4n) is 0.669. The van der Waals surface area contributed by atoms with E-state index >= 15 is 0 Å². The van der Waals surface area contributed by atoms with Crippen molar-refractivity contribution in [2.24, 2.45) is 5.73 Å². The monoisotopic (exact) mass is 191 g/mol. The number of halogens is 1. The van der Waals surface area contributed by atoms with Gasteiger partial charge in [0.15, 0.2) is 5.78 Å². The lowest BCUT2D eigenvalue weighted by molar-refractivity contribution is -0.118. The van der Waals surface area contributed by atoms with Crippen molar-refractivity contribution in [2.45, 2.75) is 13.0 Å². The quantitative estimate of drug-likeness (QED) is 0.774. The molecular weight excluding hydrogens is 182 g/mol. The van der Waals surface area contributed by atoms with Crippen LogP contribution in [0, 0.1) is 0 Å². The largest absolute Gasteiger partial charge is 0.317 e. The maximum absolute atomic E-state index is 10.7. The van der Waals surface area contributed by atoms with E-state index in [1.54, 1.807) is 0 Å². The van der Waals surface area contributed by atoms with Crippen molar-refractivity contribution in [1.29, 1.82) is 0 Å². The summed E-state index contributed by atoms with van der Waals surface area (Å²) in [5, 5.41) is 1.91. The molecule has 0 saturated heterocycles. The minimum Gasteiger partial charge on any atom is -0.317 e. The zero-order chi connectivity index (χ0) is 7.56. The van der Waals surface area contributed by atoms with Crippen LogP contribution in [-0.2, 0) is 4.79 Å². The third-order valence-electron chi connectivity index (χ3n) is 1.29. The van der Waals surface area contributed by atoms with Crippen molar-refractivity contribution in [2.75, 3.05) is 0 Å². The average molecular weight is 192 g/mol. The Labute approximate surface area is 75.8 Å². The van der Waals surface area contributed by atoms with Crippen LogP contribution in [0.5, 0.6) is 0 Å². The van der Waals surface area contributed by atoms with Gasteiger partial charge in [0.2, 0.25) is 0 Å². The maximum Gasteiger partial charge on any atom is 0.151 e. The van der Waals surface area contributed by atoms with Crippen LogP contribution in [-0.4, -0.2) is 5.78 Å². The predicted octanol–water partition coefficient (Wildman–Crippen LogP) is 1.76. The zero-order valence-corrected chi connectivity index (χ0v) is 7.74. The van der Waals surface area contributed by atoms with Crippen LogP contribution in [0.15, 0.2) is 17.5 Å². The van der Waals surface area contributed by atoms with Gasteiger partial charge in [-0.2, -0.15) is 0 Å². The molecule has 1 unspecified atom stereocenters. The van der Waals surface area contributed by atoms with Gasteiger partial charge >= 0.3 is 0 Å². The first-order valence-corrected chi connectivity index (χ1v) is 3.89. The SMILES string of the molecule is CC(=O)C(N)c1cccs1.Cl. The molecule has 0 spiro atoms. The fourth-order valence-corrected chi connectivity index (χ4v) is 1.45. The van der Waals surface area contributed by atoms with E-state index in [9.17, 15) is 4.79 Å². The van der Waals surface area contributed by atoms with E-state index in [1.807, 2.05) is 17.5 Å². The summed E-state index contributed by atoms with van der Waals surface area (Å²) in [4.78, 5) is 11.7. The topological polar surface area (TPSA) is 43.1 Å². The van der Waals surface area contributed by atoms with Gasteiger partial charge in [-0.3, -0.25) is 4.79 Å². The molecule has 0 aliphatic heterocycles. The molecule has 0 aliphatic rings. The van der Waals surface area contributed by atoms with E-state index < -0.39 is 6.04 Å². The molecule has 0 radical (unpaired) electrons. The summed E-state index contributed by atoms with van der Waals surface area (Å²) in [5.74, 6) is 0.0162. The first-order valence-electron chi connectivity index (χ1n) is 3.01. The van der Waals surface area contributed by atoms with Crippen molar-refractivity contribution < 1.29 is 4.79 Å². The molecule has 0 amide bonds. The second kappa shape index (κ2) is 4.49. The number of carbonyl (C=O) groups excluding carboxylic acids is 1. The van der Waals surface area contributed by atoms with E-state index in [0.717, 1.165) is 4.88 Å². The van der Waals surface area contributed by atoms with Gasteiger partial charge < -0.3 is 5.73 Å². The number of ketones is 1. The van der Waals surface area contributed by atoms with Gasteiger partial charge in [0.25, 0.3) is 0 Å². The number of rotatable bonds is 2. The van der Waals surface area contributed by atoms with Gasteiger partial charge in [-0.15, -0.1) is 23.7 Å². The lowest BCUT2D eigenvalue weighted by atomic mass is 10.2. The summed E-state index contributed by atoms with van der Waals surface area (Å²) in [6.45, 7) is 1.50. The Morgan fingerprint density at radius 1 is 1.73 bits per heavy atom. The Morgan fingerprint density at radius 2 is 2.36 bits per heavy atom. The van der Waals surface area contributed by atoms with Gasteiger partial charge in [0, 0.05) is 4.88 Å². The zero-order valence-electron chi connectivity index (χ0n) is 6.11. The smallest absolute Gasteiger partial charge is 0.151 e. The van der Waals surface area contributed by atoms with Gasteiger partial charge in [-0.1, -0.05) is 6.07 Å². The van der Waals surface area contributed by atoms with E-state index in [-0.39, 0.29) is 18.2 Å². The lowest BCUT2D eigenvalue weighted by Crippen LogP contribution is -2.16. The molecule has 1 aromatic rings. The summed E-state index contributed by atoms with van der Waals surface area (Å²) in [6, 6.07) is 3.35. The molecule has 2 N–H and O–H groups in total. The van der Waals surface area contributed by atoms with E-state index in [2.05, 4.69) is 0 Å². The average Bonchev–Trinajstić information content (AvgIpc) is 2.36. The van der Waals surface area contributed by atoms with E-state index in [4.69, 9.17) is 5.73 Å². The highest BCUT2D eigenvalue weighted by molar-refractivity contribution is 7.10. The summed E-state index contributed by atoms with van der Waals surface area (Å²) in [7, 11) is 0. The highest BCUT2D eigenvalue weighted by atomic mass is 35.5. The molecule has 0 bridgehead atoms. The Bertz CT molecular complexity index is 222. The van der Waals surface area contributed by atoms with Gasteiger partial charge in [-0.05, 0) is 18.4 Å². The summed E-state index contributed by atoms with van der Waals surface area (Å²) in [5.41, 5.74) is 5.54. The molecule has 1 rings (SSSR count). The first-order chi connectivity index (χ1) is 4.72. The van der Waals surface area contributed by atoms with Gasteiger partial charge in [-0.25, -0.2) is 0 Å². The van der Waals surface area contributed by atoms with Crippen LogP contribution in [0.25, 0.3) is 0 Å². The van der Waals surface area contributed by atoms with Crippen molar-refractivity contribution in [1.82, 2.24) is 0 Å². The molecule has 2 nitrogen and oxygen atoms in total. The van der Waals surface area contributed by atoms with Gasteiger partial charge in [0.1, 0.15) is 0 Å². The molecule has 62 valence electrons. The van der Waals surface area contributed by atoms with Crippen LogP contribution in [0.1, 0.15) is 17.8 Å². The Morgan fingerprint density at radius 3 is 2.73 bits per heavy atom. The Kier molecular flexibility index (Phi) is 4.33. The molecule has 1 atom stereocenters. The molecule has 0 aromatic carbocycles. The molecule has 4 heteroatoms. The van der Waals surface area contributed by atoms with Gasteiger partial charge in [0.05, 0.1) is 6.04 Å². The maximum atomic E-state index is 10.7.